The maximum Gasteiger partial charge on any atom is 0.136 e. The Morgan fingerprint density at radius 2 is 2.00 bits per heavy atom. The molecule has 2 N–H and O–H groups in total. The van der Waals surface area contributed by atoms with Crippen molar-refractivity contribution in [3.8, 4) is 5.75 Å². The predicted molar refractivity (Wildman–Crippen MR) is 78.1 cm³/mol. The van der Waals surface area contributed by atoms with Crippen molar-refractivity contribution in [1.29, 1.82) is 0 Å². The Hall–Kier alpha value is -0.580. The van der Waals surface area contributed by atoms with E-state index < -0.39 is 0 Å². The summed E-state index contributed by atoms with van der Waals surface area (Å²) in [6.45, 7) is 3.49. The molecule has 1 atom stereocenters. The van der Waals surface area contributed by atoms with Crippen molar-refractivity contribution in [1.82, 2.24) is 0 Å². The molecule has 0 aliphatic heterocycles. The van der Waals surface area contributed by atoms with Gasteiger partial charge in [0.05, 0.1) is 11.1 Å². The fourth-order valence-electron chi connectivity index (χ4n) is 1.75. The van der Waals surface area contributed by atoms with E-state index in [-0.39, 0.29) is 6.04 Å². The molecule has 0 aliphatic rings. The van der Waals surface area contributed by atoms with Crippen molar-refractivity contribution in [2.75, 3.05) is 20.3 Å². The number of halogens is 1. The maximum atomic E-state index is 5.86. The molecular weight excluding hydrogens is 294 g/mol. The molecular formula is C14H22BrNO2. The lowest BCUT2D eigenvalue weighted by Gasteiger charge is -2.14. The molecule has 1 aromatic rings. The highest BCUT2D eigenvalue weighted by Gasteiger charge is 2.09. The van der Waals surface area contributed by atoms with Gasteiger partial charge < -0.3 is 15.2 Å². The zero-order valence-electron chi connectivity index (χ0n) is 11.1. The Balaban J connectivity index is 2.56. The van der Waals surface area contributed by atoms with Gasteiger partial charge in [-0.1, -0.05) is 12.1 Å². The maximum absolute atomic E-state index is 5.86. The second-order valence-electron chi connectivity index (χ2n) is 4.46. The van der Waals surface area contributed by atoms with Crippen LogP contribution in [-0.2, 0) is 11.2 Å². The minimum atomic E-state index is 0.134. The van der Waals surface area contributed by atoms with E-state index in [1.807, 2.05) is 19.1 Å². The zero-order chi connectivity index (χ0) is 13.4. The van der Waals surface area contributed by atoms with Gasteiger partial charge in [0, 0.05) is 19.8 Å². The van der Waals surface area contributed by atoms with Gasteiger partial charge in [-0.15, -0.1) is 0 Å². The summed E-state index contributed by atoms with van der Waals surface area (Å²) >= 11 is 3.53. The summed E-state index contributed by atoms with van der Waals surface area (Å²) in [5, 5.41) is 0. The molecule has 0 spiro atoms. The van der Waals surface area contributed by atoms with Crippen molar-refractivity contribution in [3.63, 3.8) is 0 Å². The minimum absolute atomic E-state index is 0.134. The van der Waals surface area contributed by atoms with E-state index in [1.165, 1.54) is 0 Å². The van der Waals surface area contributed by atoms with E-state index in [1.54, 1.807) is 7.11 Å². The van der Waals surface area contributed by atoms with Crippen LogP contribution in [-0.4, -0.2) is 26.4 Å². The van der Waals surface area contributed by atoms with Crippen LogP contribution in [0.4, 0.5) is 0 Å². The highest BCUT2D eigenvalue weighted by atomic mass is 79.9. The van der Waals surface area contributed by atoms with Crippen LogP contribution in [0.15, 0.2) is 22.7 Å². The highest BCUT2D eigenvalue weighted by molar-refractivity contribution is 9.10. The standard InChI is InChI=1S/C14H22BrNO2/c1-11(16)10-12-6-5-7-13(15)14(12)18-9-4-3-8-17-2/h5-7,11H,3-4,8-10,16H2,1-2H3. The van der Waals surface area contributed by atoms with Crippen molar-refractivity contribution < 1.29 is 9.47 Å². The molecule has 0 saturated carbocycles. The Morgan fingerprint density at radius 1 is 1.28 bits per heavy atom. The Bertz CT molecular complexity index is 356. The number of nitrogens with two attached hydrogens (primary N) is 1. The molecule has 3 nitrogen and oxygen atoms in total. The lowest BCUT2D eigenvalue weighted by atomic mass is 10.1. The SMILES string of the molecule is COCCCCOc1c(Br)cccc1CC(C)N. The van der Waals surface area contributed by atoms with Crippen LogP contribution in [0.1, 0.15) is 25.3 Å². The van der Waals surface area contributed by atoms with Gasteiger partial charge in [0.2, 0.25) is 0 Å². The molecule has 0 heterocycles. The molecule has 1 rings (SSSR count). The molecule has 0 saturated heterocycles. The Morgan fingerprint density at radius 3 is 2.67 bits per heavy atom. The first kappa shape index (κ1) is 15.5. The summed E-state index contributed by atoms with van der Waals surface area (Å²) < 4.78 is 11.9. The number of ether oxygens (including phenoxy) is 2. The summed E-state index contributed by atoms with van der Waals surface area (Å²) in [7, 11) is 1.72. The van der Waals surface area contributed by atoms with Gasteiger partial charge in [0.15, 0.2) is 0 Å². The Kier molecular flexibility index (Phi) is 7.32. The second-order valence-corrected chi connectivity index (χ2v) is 5.31. The van der Waals surface area contributed by atoms with E-state index >= 15 is 0 Å². The fraction of sp³-hybridized carbons (Fsp3) is 0.571. The zero-order valence-corrected chi connectivity index (χ0v) is 12.7. The van der Waals surface area contributed by atoms with Gasteiger partial charge in [-0.05, 0) is 53.7 Å². The van der Waals surface area contributed by atoms with Crippen LogP contribution >= 0.6 is 15.9 Å². The van der Waals surface area contributed by atoms with Gasteiger partial charge >= 0.3 is 0 Å². The van der Waals surface area contributed by atoms with Crippen LogP contribution in [0.5, 0.6) is 5.75 Å². The largest absolute Gasteiger partial charge is 0.492 e. The lowest BCUT2D eigenvalue weighted by molar-refractivity contribution is 0.184. The average Bonchev–Trinajstić information content (AvgIpc) is 2.31. The number of rotatable bonds is 8. The Labute approximate surface area is 118 Å². The summed E-state index contributed by atoms with van der Waals surface area (Å²) in [6.07, 6.45) is 2.84. The summed E-state index contributed by atoms with van der Waals surface area (Å²) in [5.74, 6) is 0.923. The van der Waals surface area contributed by atoms with E-state index in [4.69, 9.17) is 15.2 Å². The average molecular weight is 316 g/mol. The third-order valence-electron chi connectivity index (χ3n) is 2.58. The number of para-hydroxylation sites is 1. The van der Waals surface area contributed by atoms with E-state index in [2.05, 4.69) is 22.0 Å². The number of unbranched alkanes of at least 4 members (excludes halogenated alkanes) is 1. The molecule has 0 radical (unpaired) electrons. The highest BCUT2D eigenvalue weighted by Crippen LogP contribution is 2.30. The number of methoxy groups -OCH3 is 1. The first-order valence-electron chi connectivity index (χ1n) is 6.30. The number of hydrogen-bond acceptors (Lipinski definition) is 3. The lowest BCUT2D eigenvalue weighted by Crippen LogP contribution is -2.18. The minimum Gasteiger partial charge on any atom is -0.492 e. The summed E-state index contributed by atoms with van der Waals surface area (Å²) in [6, 6.07) is 6.21. The molecule has 0 aliphatic carbocycles. The monoisotopic (exact) mass is 315 g/mol. The van der Waals surface area contributed by atoms with Crippen molar-refractivity contribution in [2.45, 2.75) is 32.2 Å². The van der Waals surface area contributed by atoms with Crippen molar-refractivity contribution in [3.05, 3.63) is 28.2 Å². The number of hydrogen-bond donors (Lipinski definition) is 1. The topological polar surface area (TPSA) is 44.5 Å². The molecule has 0 fully saturated rings. The van der Waals surface area contributed by atoms with Crippen LogP contribution in [0.3, 0.4) is 0 Å². The third kappa shape index (κ3) is 5.38. The van der Waals surface area contributed by atoms with Gasteiger partial charge in [-0.3, -0.25) is 0 Å². The molecule has 0 bridgehead atoms. The van der Waals surface area contributed by atoms with Crippen LogP contribution < -0.4 is 10.5 Å². The summed E-state index contributed by atoms with van der Waals surface area (Å²) in [4.78, 5) is 0. The van der Waals surface area contributed by atoms with Gasteiger partial charge in [-0.25, -0.2) is 0 Å². The molecule has 18 heavy (non-hydrogen) atoms. The van der Waals surface area contributed by atoms with Gasteiger partial charge in [0.25, 0.3) is 0 Å². The quantitative estimate of drug-likeness (QED) is 0.749. The first-order valence-corrected chi connectivity index (χ1v) is 7.09. The second kappa shape index (κ2) is 8.51. The molecule has 0 aromatic heterocycles. The molecule has 0 amide bonds. The molecule has 1 unspecified atom stereocenters. The molecule has 4 heteroatoms. The van der Waals surface area contributed by atoms with E-state index in [0.29, 0.717) is 6.61 Å². The van der Waals surface area contributed by atoms with Crippen LogP contribution in [0.25, 0.3) is 0 Å². The molecule has 102 valence electrons. The predicted octanol–water partition coefficient (Wildman–Crippen LogP) is 3.14. The first-order chi connectivity index (χ1) is 8.65. The van der Waals surface area contributed by atoms with Crippen LogP contribution in [0, 0.1) is 0 Å². The van der Waals surface area contributed by atoms with Gasteiger partial charge in [-0.2, -0.15) is 0 Å². The van der Waals surface area contributed by atoms with Crippen LogP contribution in [0.2, 0.25) is 0 Å². The third-order valence-corrected chi connectivity index (χ3v) is 3.20. The van der Waals surface area contributed by atoms with Crippen molar-refractivity contribution >= 4 is 15.9 Å². The van der Waals surface area contributed by atoms with E-state index in [9.17, 15) is 0 Å². The fourth-order valence-corrected chi connectivity index (χ4v) is 2.27. The van der Waals surface area contributed by atoms with Gasteiger partial charge in [0.1, 0.15) is 5.75 Å². The van der Waals surface area contributed by atoms with Crippen molar-refractivity contribution in [2.24, 2.45) is 5.73 Å². The number of benzene rings is 1. The summed E-state index contributed by atoms with van der Waals surface area (Å²) in [5.41, 5.74) is 7.01. The molecule has 1 aromatic carbocycles. The smallest absolute Gasteiger partial charge is 0.136 e. The van der Waals surface area contributed by atoms with E-state index in [0.717, 1.165) is 41.7 Å². The normalized spacial score (nSPS) is 12.4.